The molecule has 1 unspecified atom stereocenters. The average Bonchev–Trinajstić information content (AvgIpc) is 3.04. The second kappa shape index (κ2) is 7.04. The van der Waals surface area contributed by atoms with Crippen LogP contribution in [0.2, 0.25) is 5.02 Å². The molecule has 4 rings (SSSR count). The summed E-state index contributed by atoms with van der Waals surface area (Å²) in [7, 11) is 0. The van der Waals surface area contributed by atoms with Crippen LogP contribution in [0.3, 0.4) is 0 Å². The number of benzene rings is 2. The van der Waals surface area contributed by atoms with E-state index in [0.717, 1.165) is 11.1 Å². The number of piperidine rings is 1. The van der Waals surface area contributed by atoms with Crippen LogP contribution in [0.15, 0.2) is 42.5 Å². The maximum absolute atomic E-state index is 13.8. The van der Waals surface area contributed by atoms with Crippen molar-refractivity contribution in [2.24, 2.45) is 5.73 Å². The van der Waals surface area contributed by atoms with E-state index in [9.17, 15) is 8.78 Å². The summed E-state index contributed by atoms with van der Waals surface area (Å²) in [6.07, 6.45) is -0.317. The normalized spacial score (nSPS) is 19.0. The Hall–Kier alpha value is -2.69. The summed E-state index contributed by atoms with van der Waals surface area (Å²) in [4.78, 5) is 6.45. The van der Waals surface area contributed by atoms with E-state index in [-0.39, 0.29) is 19.5 Å². The largest absolute Gasteiger partial charge is 0.340 e. The molecular formula is C20H18ClF2N5. The van der Waals surface area contributed by atoms with Crippen molar-refractivity contribution in [1.29, 1.82) is 5.26 Å². The second-order valence-corrected chi connectivity index (χ2v) is 7.38. The van der Waals surface area contributed by atoms with E-state index in [0.29, 0.717) is 28.6 Å². The number of nitriles is 1. The van der Waals surface area contributed by atoms with Crippen molar-refractivity contribution in [3.8, 4) is 6.07 Å². The predicted molar refractivity (Wildman–Crippen MR) is 105 cm³/mol. The van der Waals surface area contributed by atoms with Crippen LogP contribution in [0.1, 0.15) is 17.5 Å². The fraction of sp³-hybridized carbons (Fsp3) is 0.300. The molecule has 3 aromatic rings. The van der Waals surface area contributed by atoms with E-state index in [4.69, 9.17) is 22.6 Å². The Morgan fingerprint density at radius 2 is 2.00 bits per heavy atom. The SMILES string of the molecule is N#Cc1ccc(Cn2c(N3CCC(F)(F)C(N)C3)nc3c(Cl)cccc32)cc1. The number of rotatable bonds is 3. The molecular weight excluding hydrogens is 384 g/mol. The highest BCUT2D eigenvalue weighted by Gasteiger charge is 2.42. The van der Waals surface area contributed by atoms with Gasteiger partial charge in [0, 0.05) is 19.5 Å². The number of nitrogens with zero attached hydrogens (tertiary/aromatic N) is 4. The van der Waals surface area contributed by atoms with Gasteiger partial charge >= 0.3 is 0 Å². The number of imidazole rings is 1. The Balaban J connectivity index is 1.76. The highest BCUT2D eigenvalue weighted by molar-refractivity contribution is 6.35. The van der Waals surface area contributed by atoms with Crippen LogP contribution in [0.4, 0.5) is 14.7 Å². The minimum atomic E-state index is -2.88. The number of aromatic nitrogens is 2. The first-order chi connectivity index (χ1) is 13.4. The predicted octanol–water partition coefficient (Wildman–Crippen LogP) is 3.78. The Morgan fingerprint density at radius 1 is 1.25 bits per heavy atom. The molecule has 0 bridgehead atoms. The fourth-order valence-corrected chi connectivity index (χ4v) is 3.69. The molecule has 28 heavy (non-hydrogen) atoms. The summed E-state index contributed by atoms with van der Waals surface area (Å²) < 4.78 is 29.7. The third kappa shape index (κ3) is 3.30. The number of hydrogen-bond donors (Lipinski definition) is 1. The zero-order chi connectivity index (χ0) is 19.9. The summed E-state index contributed by atoms with van der Waals surface area (Å²) in [5, 5.41) is 9.48. The molecule has 2 N–H and O–H groups in total. The Labute approximate surface area is 165 Å². The lowest BCUT2D eigenvalue weighted by molar-refractivity contribution is -0.0395. The zero-order valence-electron chi connectivity index (χ0n) is 14.9. The van der Waals surface area contributed by atoms with Gasteiger partial charge in [0.15, 0.2) is 0 Å². The molecule has 0 saturated carbocycles. The van der Waals surface area contributed by atoms with Gasteiger partial charge in [-0.2, -0.15) is 5.26 Å². The van der Waals surface area contributed by atoms with E-state index >= 15 is 0 Å². The topological polar surface area (TPSA) is 70.9 Å². The highest BCUT2D eigenvalue weighted by Crippen LogP contribution is 2.33. The van der Waals surface area contributed by atoms with Crippen molar-refractivity contribution in [3.63, 3.8) is 0 Å². The van der Waals surface area contributed by atoms with Crippen molar-refractivity contribution < 1.29 is 8.78 Å². The van der Waals surface area contributed by atoms with E-state index in [1.165, 1.54) is 0 Å². The van der Waals surface area contributed by atoms with Gasteiger partial charge < -0.3 is 15.2 Å². The lowest BCUT2D eigenvalue weighted by atomic mass is 10.0. The maximum Gasteiger partial charge on any atom is 0.266 e. The monoisotopic (exact) mass is 401 g/mol. The first-order valence-electron chi connectivity index (χ1n) is 8.91. The molecule has 144 valence electrons. The Kier molecular flexibility index (Phi) is 4.69. The number of anilines is 1. The Morgan fingerprint density at radius 3 is 2.68 bits per heavy atom. The van der Waals surface area contributed by atoms with Crippen LogP contribution < -0.4 is 10.6 Å². The smallest absolute Gasteiger partial charge is 0.266 e. The molecule has 0 amide bonds. The molecule has 5 nitrogen and oxygen atoms in total. The van der Waals surface area contributed by atoms with Crippen molar-refractivity contribution >= 4 is 28.6 Å². The van der Waals surface area contributed by atoms with Crippen molar-refractivity contribution in [3.05, 3.63) is 58.6 Å². The number of para-hydroxylation sites is 1. The Bertz CT molecular complexity index is 1050. The molecule has 1 aliphatic rings. The van der Waals surface area contributed by atoms with E-state index in [1.54, 1.807) is 23.1 Å². The van der Waals surface area contributed by atoms with Crippen LogP contribution in [0.25, 0.3) is 11.0 Å². The van der Waals surface area contributed by atoms with Gasteiger partial charge in [-0.15, -0.1) is 0 Å². The molecule has 2 heterocycles. The van der Waals surface area contributed by atoms with Crippen molar-refractivity contribution in [2.75, 3.05) is 18.0 Å². The standard InChI is InChI=1S/C20H18ClF2N5/c21-15-2-1-3-16-18(15)26-19(27-9-8-20(22,23)17(25)12-27)28(16)11-14-6-4-13(10-24)5-7-14/h1-7,17H,8-9,11-12,25H2. The van der Waals surface area contributed by atoms with Crippen molar-refractivity contribution in [2.45, 2.75) is 24.9 Å². The van der Waals surface area contributed by atoms with E-state index < -0.39 is 12.0 Å². The molecule has 0 aliphatic carbocycles. The fourth-order valence-electron chi connectivity index (χ4n) is 3.48. The summed E-state index contributed by atoms with van der Waals surface area (Å²) in [5.74, 6) is -2.31. The van der Waals surface area contributed by atoms with Crippen LogP contribution in [0, 0.1) is 11.3 Å². The van der Waals surface area contributed by atoms with Gasteiger partial charge in [0.2, 0.25) is 5.95 Å². The maximum atomic E-state index is 13.8. The second-order valence-electron chi connectivity index (χ2n) is 6.98. The minimum absolute atomic E-state index is 0.0152. The molecule has 8 heteroatoms. The number of hydrogen-bond acceptors (Lipinski definition) is 4. The zero-order valence-corrected chi connectivity index (χ0v) is 15.7. The van der Waals surface area contributed by atoms with Crippen LogP contribution >= 0.6 is 11.6 Å². The van der Waals surface area contributed by atoms with Crippen LogP contribution in [-0.4, -0.2) is 34.6 Å². The minimum Gasteiger partial charge on any atom is -0.340 e. The van der Waals surface area contributed by atoms with E-state index in [2.05, 4.69) is 11.1 Å². The van der Waals surface area contributed by atoms with Crippen LogP contribution in [-0.2, 0) is 6.54 Å². The van der Waals surface area contributed by atoms with Crippen LogP contribution in [0.5, 0.6) is 0 Å². The molecule has 2 aromatic carbocycles. The first-order valence-corrected chi connectivity index (χ1v) is 9.29. The molecule has 0 radical (unpaired) electrons. The van der Waals surface area contributed by atoms with Gasteiger partial charge in [0.1, 0.15) is 5.52 Å². The van der Waals surface area contributed by atoms with Gasteiger partial charge in [-0.1, -0.05) is 29.8 Å². The number of nitrogens with two attached hydrogens (primary N) is 1. The lowest BCUT2D eigenvalue weighted by Crippen LogP contribution is -2.55. The number of halogens is 3. The molecule has 1 fully saturated rings. The van der Waals surface area contributed by atoms with E-state index in [1.807, 2.05) is 28.8 Å². The molecule has 1 aromatic heterocycles. The molecule has 0 spiro atoms. The first kappa shape index (κ1) is 18.7. The van der Waals surface area contributed by atoms with Gasteiger partial charge in [-0.05, 0) is 29.8 Å². The van der Waals surface area contributed by atoms with Gasteiger partial charge in [0.05, 0.1) is 34.8 Å². The third-order valence-corrected chi connectivity index (χ3v) is 5.40. The summed E-state index contributed by atoms with van der Waals surface area (Å²) in [6, 6.07) is 13.6. The average molecular weight is 402 g/mol. The van der Waals surface area contributed by atoms with Gasteiger partial charge in [-0.3, -0.25) is 0 Å². The molecule has 1 saturated heterocycles. The highest BCUT2D eigenvalue weighted by atomic mass is 35.5. The molecule has 1 atom stereocenters. The third-order valence-electron chi connectivity index (χ3n) is 5.09. The van der Waals surface area contributed by atoms with Gasteiger partial charge in [0.25, 0.3) is 5.92 Å². The number of fused-ring (bicyclic) bond motifs is 1. The summed E-state index contributed by atoms with van der Waals surface area (Å²) in [5.41, 5.74) is 8.69. The molecule has 1 aliphatic heterocycles. The quantitative estimate of drug-likeness (QED) is 0.725. The lowest BCUT2D eigenvalue weighted by Gasteiger charge is -2.37. The number of alkyl halides is 2. The van der Waals surface area contributed by atoms with Gasteiger partial charge in [-0.25, -0.2) is 13.8 Å². The summed E-state index contributed by atoms with van der Waals surface area (Å²) in [6.45, 7) is 0.649. The van der Waals surface area contributed by atoms with Crippen molar-refractivity contribution in [1.82, 2.24) is 9.55 Å². The summed E-state index contributed by atoms with van der Waals surface area (Å²) >= 11 is 6.32.